The zero-order valence-corrected chi connectivity index (χ0v) is 11.6. The fourth-order valence-electron chi connectivity index (χ4n) is 3.68. The molecule has 2 aliphatic carbocycles. The van der Waals surface area contributed by atoms with E-state index in [1.165, 1.54) is 19.3 Å². The van der Waals surface area contributed by atoms with Crippen molar-refractivity contribution in [3.05, 3.63) is 0 Å². The van der Waals surface area contributed by atoms with Crippen LogP contribution in [0, 0.1) is 5.92 Å². The Bertz CT molecular complexity index is 329. The van der Waals surface area contributed by atoms with Crippen LogP contribution >= 0.6 is 0 Å². The van der Waals surface area contributed by atoms with Gasteiger partial charge in [-0.05, 0) is 31.6 Å². The molecule has 0 bridgehead atoms. The van der Waals surface area contributed by atoms with E-state index in [1.807, 2.05) is 4.90 Å². The second kappa shape index (κ2) is 5.41. The van der Waals surface area contributed by atoms with Gasteiger partial charge in [-0.25, -0.2) is 0 Å². The molecule has 4 heteroatoms. The zero-order valence-electron chi connectivity index (χ0n) is 11.6. The van der Waals surface area contributed by atoms with Crippen LogP contribution < -0.4 is 0 Å². The van der Waals surface area contributed by atoms with Crippen LogP contribution in [0.1, 0.15) is 51.4 Å². The van der Waals surface area contributed by atoms with Crippen molar-refractivity contribution in [3.8, 4) is 0 Å². The van der Waals surface area contributed by atoms with Gasteiger partial charge in [-0.2, -0.15) is 0 Å². The van der Waals surface area contributed by atoms with Gasteiger partial charge in [0.1, 0.15) is 6.10 Å². The van der Waals surface area contributed by atoms with Crippen molar-refractivity contribution < 1.29 is 14.6 Å². The monoisotopic (exact) mass is 267 g/mol. The van der Waals surface area contributed by atoms with Crippen molar-refractivity contribution in [1.82, 2.24) is 4.90 Å². The highest BCUT2D eigenvalue weighted by molar-refractivity contribution is 5.81. The van der Waals surface area contributed by atoms with Gasteiger partial charge in [0.05, 0.1) is 12.2 Å². The molecule has 0 aromatic heterocycles. The van der Waals surface area contributed by atoms with Crippen LogP contribution in [0.25, 0.3) is 0 Å². The Morgan fingerprint density at radius 3 is 2.58 bits per heavy atom. The molecule has 0 radical (unpaired) electrons. The van der Waals surface area contributed by atoms with Gasteiger partial charge in [0.2, 0.25) is 0 Å². The second-order valence-electron chi connectivity index (χ2n) is 6.49. The van der Waals surface area contributed by atoms with Crippen LogP contribution in [0.5, 0.6) is 0 Å². The highest BCUT2D eigenvalue weighted by Gasteiger charge is 2.41. The lowest BCUT2D eigenvalue weighted by molar-refractivity contribution is -0.166. The highest BCUT2D eigenvalue weighted by Crippen LogP contribution is 2.35. The second-order valence-corrected chi connectivity index (χ2v) is 6.49. The molecule has 3 rings (SSSR count). The van der Waals surface area contributed by atoms with Gasteiger partial charge in [-0.1, -0.05) is 25.7 Å². The smallest absolute Gasteiger partial charge is 0.251 e. The quantitative estimate of drug-likeness (QED) is 0.828. The Labute approximate surface area is 115 Å². The predicted molar refractivity (Wildman–Crippen MR) is 71.7 cm³/mol. The van der Waals surface area contributed by atoms with Gasteiger partial charge in [-0.15, -0.1) is 0 Å². The molecule has 4 nitrogen and oxygen atoms in total. The molecule has 3 fully saturated rings. The lowest BCUT2D eigenvalue weighted by Gasteiger charge is -2.46. The molecule has 1 aliphatic heterocycles. The summed E-state index contributed by atoms with van der Waals surface area (Å²) in [5.41, 5.74) is -0.106. The van der Waals surface area contributed by atoms with E-state index in [0.29, 0.717) is 19.7 Å². The maximum atomic E-state index is 12.4. The third-order valence-corrected chi connectivity index (χ3v) is 5.17. The van der Waals surface area contributed by atoms with Gasteiger partial charge in [-0.3, -0.25) is 4.79 Å². The maximum absolute atomic E-state index is 12.4. The van der Waals surface area contributed by atoms with Gasteiger partial charge < -0.3 is 14.7 Å². The molecule has 1 spiro atoms. The Morgan fingerprint density at radius 1 is 1.21 bits per heavy atom. The summed E-state index contributed by atoms with van der Waals surface area (Å²) in [4.78, 5) is 14.2. The summed E-state index contributed by atoms with van der Waals surface area (Å²) in [5, 5.41) is 10.1. The van der Waals surface area contributed by atoms with Gasteiger partial charge in [0.15, 0.2) is 0 Å². The van der Waals surface area contributed by atoms with E-state index < -0.39 is 6.10 Å². The number of aliphatic hydroxyl groups is 1. The standard InChI is InChI=1S/C15H25NO3/c17-13(12-5-4-6-12)14(18)16-9-10-19-15(11-16)7-2-1-3-8-15/h12-13,17H,1-11H2/t13-/m1/s1. The molecule has 108 valence electrons. The number of hydrogen-bond donors (Lipinski definition) is 1. The largest absolute Gasteiger partial charge is 0.383 e. The normalized spacial score (nSPS) is 29.0. The molecular weight excluding hydrogens is 242 g/mol. The maximum Gasteiger partial charge on any atom is 0.251 e. The molecule has 0 aromatic carbocycles. The zero-order chi connectivity index (χ0) is 13.3. The molecule has 3 aliphatic rings. The molecule has 2 saturated carbocycles. The number of nitrogens with zero attached hydrogens (tertiary/aromatic N) is 1. The summed E-state index contributed by atoms with van der Waals surface area (Å²) < 4.78 is 5.99. The lowest BCUT2D eigenvalue weighted by atomic mass is 9.80. The average molecular weight is 267 g/mol. The number of ether oxygens (including phenoxy) is 1. The van der Waals surface area contributed by atoms with Crippen LogP contribution in [0.3, 0.4) is 0 Å². The first kappa shape index (κ1) is 13.4. The topological polar surface area (TPSA) is 49.8 Å². The SMILES string of the molecule is O=C([C@H](O)C1CCC1)N1CCOC2(CCCCC2)C1. The average Bonchev–Trinajstić information content (AvgIpc) is 2.37. The Kier molecular flexibility index (Phi) is 3.81. The first-order valence-electron chi connectivity index (χ1n) is 7.81. The third kappa shape index (κ3) is 2.65. The summed E-state index contributed by atoms with van der Waals surface area (Å²) in [5.74, 6) is 0.149. The van der Waals surface area contributed by atoms with E-state index in [2.05, 4.69) is 0 Å². The number of hydrogen-bond acceptors (Lipinski definition) is 3. The molecule has 0 unspecified atom stereocenters. The van der Waals surface area contributed by atoms with Crippen molar-refractivity contribution in [3.63, 3.8) is 0 Å². The van der Waals surface area contributed by atoms with E-state index in [4.69, 9.17) is 4.74 Å². The lowest BCUT2D eigenvalue weighted by Crippen LogP contribution is -2.57. The Morgan fingerprint density at radius 2 is 1.95 bits per heavy atom. The number of carbonyl (C=O) groups excluding carboxylic acids is 1. The number of amides is 1. The first-order chi connectivity index (χ1) is 9.20. The summed E-state index contributed by atoms with van der Waals surface area (Å²) in [6, 6.07) is 0. The molecule has 1 atom stereocenters. The molecule has 1 amide bonds. The minimum atomic E-state index is -0.771. The minimum absolute atomic E-state index is 0.0575. The van der Waals surface area contributed by atoms with Crippen LogP contribution in [-0.4, -0.2) is 47.3 Å². The van der Waals surface area contributed by atoms with Crippen molar-refractivity contribution in [2.75, 3.05) is 19.7 Å². The molecule has 1 N–H and O–H groups in total. The van der Waals surface area contributed by atoms with Crippen molar-refractivity contribution in [1.29, 1.82) is 0 Å². The van der Waals surface area contributed by atoms with Gasteiger partial charge >= 0.3 is 0 Å². The summed E-state index contributed by atoms with van der Waals surface area (Å²) >= 11 is 0. The molecular formula is C15H25NO3. The predicted octanol–water partition coefficient (Wildman–Crippen LogP) is 1.71. The molecule has 1 saturated heterocycles. The number of morpholine rings is 1. The van der Waals surface area contributed by atoms with Crippen LogP contribution in [0.2, 0.25) is 0 Å². The van der Waals surface area contributed by atoms with E-state index in [9.17, 15) is 9.90 Å². The Hall–Kier alpha value is -0.610. The van der Waals surface area contributed by atoms with Crippen LogP contribution in [-0.2, 0) is 9.53 Å². The minimum Gasteiger partial charge on any atom is -0.383 e. The van der Waals surface area contributed by atoms with Crippen molar-refractivity contribution >= 4 is 5.91 Å². The number of aliphatic hydroxyl groups excluding tert-OH is 1. The molecule has 19 heavy (non-hydrogen) atoms. The Balaban J connectivity index is 1.62. The van der Waals surface area contributed by atoms with E-state index in [0.717, 1.165) is 32.1 Å². The van der Waals surface area contributed by atoms with E-state index in [-0.39, 0.29) is 17.4 Å². The van der Waals surface area contributed by atoms with Crippen molar-refractivity contribution in [2.45, 2.75) is 63.1 Å². The fraction of sp³-hybridized carbons (Fsp3) is 0.933. The van der Waals surface area contributed by atoms with E-state index >= 15 is 0 Å². The number of rotatable bonds is 2. The summed E-state index contributed by atoms with van der Waals surface area (Å²) in [7, 11) is 0. The third-order valence-electron chi connectivity index (χ3n) is 5.17. The molecule has 0 aromatic rings. The van der Waals surface area contributed by atoms with Crippen LogP contribution in [0.15, 0.2) is 0 Å². The summed E-state index contributed by atoms with van der Waals surface area (Å²) in [6.45, 7) is 1.96. The fourth-order valence-corrected chi connectivity index (χ4v) is 3.68. The number of carbonyl (C=O) groups is 1. The van der Waals surface area contributed by atoms with E-state index in [1.54, 1.807) is 0 Å². The first-order valence-corrected chi connectivity index (χ1v) is 7.81. The van der Waals surface area contributed by atoms with Crippen molar-refractivity contribution in [2.24, 2.45) is 5.92 Å². The van der Waals surface area contributed by atoms with Crippen LogP contribution in [0.4, 0.5) is 0 Å². The summed E-state index contributed by atoms with van der Waals surface area (Å²) in [6.07, 6.45) is 8.20. The van der Waals surface area contributed by atoms with Gasteiger partial charge in [0.25, 0.3) is 5.91 Å². The molecule has 1 heterocycles. The van der Waals surface area contributed by atoms with Gasteiger partial charge in [0, 0.05) is 13.1 Å². The highest BCUT2D eigenvalue weighted by atomic mass is 16.5.